The molecule has 0 saturated carbocycles. The van der Waals surface area contributed by atoms with Gasteiger partial charge in [0.1, 0.15) is 0 Å². The summed E-state index contributed by atoms with van der Waals surface area (Å²) in [5.41, 5.74) is 1.43. The van der Waals surface area contributed by atoms with E-state index in [0.29, 0.717) is 22.8 Å². The normalized spacial score (nSPS) is 10.5. The van der Waals surface area contributed by atoms with Gasteiger partial charge in [0.05, 0.1) is 17.1 Å². The van der Waals surface area contributed by atoms with E-state index in [0.717, 1.165) is 0 Å². The predicted octanol–water partition coefficient (Wildman–Crippen LogP) is 4.35. The smallest absolute Gasteiger partial charge is 0.253 e. The van der Waals surface area contributed by atoms with Crippen molar-refractivity contribution in [3.05, 3.63) is 58.1 Å². The van der Waals surface area contributed by atoms with Gasteiger partial charge in [0, 0.05) is 22.8 Å². The number of carbonyl (C=O) groups excluding carboxylic acids is 3. The summed E-state index contributed by atoms with van der Waals surface area (Å²) in [6, 6.07) is 11.2. The minimum absolute atomic E-state index is 0.0599. The van der Waals surface area contributed by atoms with Crippen LogP contribution >= 0.6 is 23.2 Å². The van der Waals surface area contributed by atoms with Crippen molar-refractivity contribution in [2.45, 2.75) is 20.3 Å². The Kier molecular flexibility index (Phi) is 7.84. The largest absolute Gasteiger partial charge is 0.343 e. The fourth-order valence-corrected chi connectivity index (χ4v) is 2.85. The molecule has 8 heteroatoms. The Labute approximate surface area is 173 Å². The van der Waals surface area contributed by atoms with Crippen LogP contribution in [0.15, 0.2) is 42.5 Å². The molecule has 0 unspecified atom stereocenters. The molecular weight excluding hydrogens is 401 g/mol. The average molecular weight is 422 g/mol. The van der Waals surface area contributed by atoms with E-state index in [1.54, 1.807) is 30.3 Å². The molecule has 0 heterocycles. The lowest BCUT2D eigenvalue weighted by Gasteiger charge is -2.10. The van der Waals surface area contributed by atoms with Crippen molar-refractivity contribution in [2.75, 3.05) is 17.2 Å². The van der Waals surface area contributed by atoms with Crippen LogP contribution in [0.1, 0.15) is 30.6 Å². The molecule has 0 aliphatic heterocycles. The fraction of sp³-hybridized carbons (Fsp3) is 0.250. The summed E-state index contributed by atoms with van der Waals surface area (Å²) < 4.78 is 0. The van der Waals surface area contributed by atoms with Crippen LogP contribution in [0.2, 0.25) is 10.0 Å². The summed E-state index contributed by atoms with van der Waals surface area (Å²) in [7, 11) is 0. The SMILES string of the molecule is CC(C)CC(=O)Nc1ccc(NC(=O)CNC(=O)c2ccc(Cl)cc2Cl)cc1. The Bertz CT molecular complexity index is 867. The molecular formula is C20H21Cl2N3O3. The number of halogens is 2. The molecule has 0 bridgehead atoms. The molecule has 2 aromatic rings. The van der Waals surface area contributed by atoms with Gasteiger partial charge in [-0.05, 0) is 48.4 Å². The highest BCUT2D eigenvalue weighted by Crippen LogP contribution is 2.20. The molecule has 2 aromatic carbocycles. The van der Waals surface area contributed by atoms with E-state index in [9.17, 15) is 14.4 Å². The summed E-state index contributed by atoms with van der Waals surface area (Å²) in [6.45, 7) is 3.72. The number of hydrogen-bond donors (Lipinski definition) is 3. The van der Waals surface area contributed by atoms with Crippen LogP contribution < -0.4 is 16.0 Å². The zero-order valence-corrected chi connectivity index (χ0v) is 17.0. The van der Waals surface area contributed by atoms with Crippen molar-refractivity contribution in [1.82, 2.24) is 5.32 Å². The average Bonchev–Trinajstić information content (AvgIpc) is 2.60. The van der Waals surface area contributed by atoms with Crippen LogP contribution in [0.5, 0.6) is 0 Å². The Morgan fingerprint density at radius 1 is 0.893 bits per heavy atom. The van der Waals surface area contributed by atoms with Crippen molar-refractivity contribution >= 4 is 52.3 Å². The summed E-state index contributed by atoms with van der Waals surface area (Å²) in [5, 5.41) is 8.58. The van der Waals surface area contributed by atoms with Gasteiger partial charge in [-0.1, -0.05) is 37.0 Å². The number of nitrogens with one attached hydrogen (secondary N) is 3. The number of hydrogen-bond acceptors (Lipinski definition) is 3. The second-order valence-electron chi connectivity index (χ2n) is 6.58. The van der Waals surface area contributed by atoms with Crippen molar-refractivity contribution in [3.63, 3.8) is 0 Å². The third-order valence-electron chi connectivity index (χ3n) is 3.63. The zero-order valence-electron chi connectivity index (χ0n) is 15.5. The lowest BCUT2D eigenvalue weighted by atomic mass is 10.1. The maximum absolute atomic E-state index is 12.1. The number of benzene rings is 2. The van der Waals surface area contributed by atoms with Crippen LogP contribution in [-0.4, -0.2) is 24.3 Å². The first-order chi connectivity index (χ1) is 13.2. The van der Waals surface area contributed by atoms with Crippen LogP contribution in [0.4, 0.5) is 11.4 Å². The Morgan fingerprint density at radius 2 is 1.46 bits per heavy atom. The molecule has 0 radical (unpaired) electrons. The van der Waals surface area contributed by atoms with Crippen molar-refractivity contribution < 1.29 is 14.4 Å². The Morgan fingerprint density at radius 3 is 2.00 bits per heavy atom. The molecule has 2 rings (SSSR count). The molecule has 0 aliphatic carbocycles. The fourth-order valence-electron chi connectivity index (χ4n) is 2.35. The quantitative estimate of drug-likeness (QED) is 0.620. The minimum atomic E-state index is -0.472. The van der Waals surface area contributed by atoms with E-state index in [4.69, 9.17) is 23.2 Å². The lowest BCUT2D eigenvalue weighted by Crippen LogP contribution is -2.33. The monoisotopic (exact) mass is 421 g/mol. The third-order valence-corrected chi connectivity index (χ3v) is 4.18. The van der Waals surface area contributed by atoms with E-state index in [-0.39, 0.29) is 29.0 Å². The van der Waals surface area contributed by atoms with E-state index in [1.807, 2.05) is 13.8 Å². The summed E-state index contributed by atoms with van der Waals surface area (Å²) >= 11 is 11.8. The van der Waals surface area contributed by atoms with Crippen LogP contribution in [-0.2, 0) is 9.59 Å². The van der Waals surface area contributed by atoms with Gasteiger partial charge in [-0.3, -0.25) is 14.4 Å². The summed E-state index contributed by atoms with van der Waals surface area (Å²) in [4.78, 5) is 35.9. The van der Waals surface area contributed by atoms with E-state index < -0.39 is 11.8 Å². The molecule has 0 aromatic heterocycles. The highest BCUT2D eigenvalue weighted by Gasteiger charge is 2.12. The van der Waals surface area contributed by atoms with Gasteiger partial charge in [-0.2, -0.15) is 0 Å². The van der Waals surface area contributed by atoms with Gasteiger partial charge in [0.15, 0.2) is 0 Å². The minimum Gasteiger partial charge on any atom is -0.343 e. The molecule has 148 valence electrons. The molecule has 0 aliphatic rings. The molecule has 3 amide bonds. The van der Waals surface area contributed by atoms with Crippen LogP contribution in [0, 0.1) is 5.92 Å². The first kappa shape index (κ1) is 21.7. The molecule has 0 saturated heterocycles. The van der Waals surface area contributed by atoms with Crippen molar-refractivity contribution in [3.8, 4) is 0 Å². The molecule has 0 spiro atoms. The highest BCUT2D eigenvalue weighted by molar-refractivity contribution is 6.36. The Hall–Kier alpha value is -2.57. The van der Waals surface area contributed by atoms with Crippen LogP contribution in [0.3, 0.4) is 0 Å². The highest BCUT2D eigenvalue weighted by atomic mass is 35.5. The standard InChI is InChI=1S/C20H21Cl2N3O3/c1-12(2)9-18(26)24-14-4-6-15(7-5-14)25-19(27)11-23-20(28)16-8-3-13(21)10-17(16)22/h3-8,10,12H,9,11H2,1-2H3,(H,23,28)(H,24,26)(H,25,27). The Balaban J connectivity index is 1.84. The molecule has 28 heavy (non-hydrogen) atoms. The molecule has 0 fully saturated rings. The van der Waals surface area contributed by atoms with E-state index in [1.165, 1.54) is 12.1 Å². The van der Waals surface area contributed by atoms with E-state index in [2.05, 4.69) is 16.0 Å². The number of amides is 3. The van der Waals surface area contributed by atoms with Gasteiger partial charge in [-0.25, -0.2) is 0 Å². The van der Waals surface area contributed by atoms with Gasteiger partial charge in [0.2, 0.25) is 11.8 Å². The summed E-state index contributed by atoms with van der Waals surface area (Å²) in [5.74, 6) is -0.651. The molecule has 0 atom stereocenters. The first-order valence-corrected chi connectivity index (χ1v) is 9.43. The van der Waals surface area contributed by atoms with Crippen molar-refractivity contribution in [2.24, 2.45) is 5.92 Å². The number of carbonyl (C=O) groups is 3. The maximum Gasteiger partial charge on any atom is 0.253 e. The summed E-state index contributed by atoms with van der Waals surface area (Å²) in [6.07, 6.45) is 0.440. The number of anilines is 2. The number of rotatable bonds is 7. The lowest BCUT2D eigenvalue weighted by molar-refractivity contribution is -0.117. The first-order valence-electron chi connectivity index (χ1n) is 8.67. The third kappa shape index (κ3) is 6.87. The van der Waals surface area contributed by atoms with Gasteiger partial charge in [-0.15, -0.1) is 0 Å². The predicted molar refractivity (Wildman–Crippen MR) is 112 cm³/mol. The van der Waals surface area contributed by atoms with Gasteiger partial charge < -0.3 is 16.0 Å². The topological polar surface area (TPSA) is 87.3 Å². The second-order valence-corrected chi connectivity index (χ2v) is 7.42. The molecule has 3 N–H and O–H groups in total. The maximum atomic E-state index is 12.1. The van der Waals surface area contributed by atoms with E-state index >= 15 is 0 Å². The van der Waals surface area contributed by atoms with Gasteiger partial charge >= 0.3 is 0 Å². The second kappa shape index (κ2) is 10.1. The van der Waals surface area contributed by atoms with Crippen LogP contribution in [0.25, 0.3) is 0 Å². The zero-order chi connectivity index (χ0) is 20.7. The molecule has 6 nitrogen and oxygen atoms in total. The van der Waals surface area contributed by atoms with Gasteiger partial charge in [0.25, 0.3) is 5.91 Å². The van der Waals surface area contributed by atoms with Crippen molar-refractivity contribution in [1.29, 1.82) is 0 Å².